The lowest BCUT2D eigenvalue weighted by Crippen LogP contribution is -2.09. The molecule has 0 atom stereocenters. The molecule has 0 N–H and O–H groups in total. The Morgan fingerprint density at radius 2 is 0.324 bits per heavy atom. The van der Waals surface area contributed by atoms with Crippen LogP contribution in [-0.4, -0.2) is 34.8 Å². The van der Waals surface area contributed by atoms with Gasteiger partial charge in [-0.05, 0) is 326 Å². The maximum atomic E-state index is 2.41. The third-order valence-electron chi connectivity index (χ3n) is 29.2. The van der Waals surface area contributed by atoms with E-state index in [1.807, 2.05) is 0 Å². The summed E-state index contributed by atoms with van der Waals surface area (Å²) >= 11 is 0. The van der Waals surface area contributed by atoms with Crippen molar-refractivity contribution in [1.29, 1.82) is 0 Å². The average molecular weight is 1850 g/mol. The minimum atomic E-state index is 1.14. The van der Waals surface area contributed by atoms with Gasteiger partial charge in [0.25, 0.3) is 0 Å². The number of anilines is 6. The monoisotopic (exact) mass is 1850 g/mol. The van der Waals surface area contributed by atoms with E-state index in [0.29, 0.717) is 0 Å². The van der Waals surface area contributed by atoms with Crippen LogP contribution < -0.4 is 14.7 Å². The smallest absolute Gasteiger partial charge is 0.0541 e. The van der Waals surface area contributed by atoms with Crippen molar-refractivity contribution >= 4 is 143 Å². The number of para-hydroxylation sites is 3. The van der Waals surface area contributed by atoms with Crippen LogP contribution in [0, 0.1) is 0 Å². The van der Waals surface area contributed by atoms with Gasteiger partial charge in [-0.1, -0.05) is 358 Å². The Kier molecular flexibility index (Phi) is 23.0. The molecule has 0 aliphatic heterocycles. The highest BCUT2D eigenvalue weighted by Crippen LogP contribution is 2.46. The van der Waals surface area contributed by atoms with Crippen molar-refractivity contribution < 1.29 is 0 Å². The van der Waals surface area contributed by atoms with E-state index < -0.39 is 0 Å². The molecule has 0 fully saturated rings. The number of rotatable bonds is 17. The molecular weight excluding hydrogens is 1750 g/mol. The quantitative estimate of drug-likeness (QED) is 0.0908. The average Bonchev–Trinajstić information content (AvgIpc) is 1.59. The van der Waals surface area contributed by atoms with Gasteiger partial charge in [0.2, 0.25) is 0 Å². The molecule has 145 heavy (non-hydrogen) atoms. The summed E-state index contributed by atoms with van der Waals surface area (Å²) in [7, 11) is 6.36. The molecule has 6 nitrogen and oxygen atoms in total. The largest absolute Gasteiger partial charge is 0.345 e. The van der Waals surface area contributed by atoms with E-state index in [9.17, 15) is 0 Å². The Balaban J connectivity index is 0.000000114. The summed E-state index contributed by atoms with van der Waals surface area (Å²) in [6, 6.07) is 200. The molecule has 3 heterocycles. The third kappa shape index (κ3) is 16.9. The van der Waals surface area contributed by atoms with Crippen LogP contribution in [-0.2, 0) is 0 Å². The summed E-state index contributed by atoms with van der Waals surface area (Å²) < 4.78 is 7.23. The molecule has 27 aromatic rings. The first kappa shape index (κ1) is 87.6. The first-order valence-corrected chi connectivity index (χ1v) is 49.8. The number of benzene rings is 24. The summed E-state index contributed by atoms with van der Waals surface area (Å²) in [5, 5.41) is 17.6. The molecule has 24 aromatic carbocycles. The van der Waals surface area contributed by atoms with Crippen molar-refractivity contribution in [2.75, 3.05) is 35.8 Å². The van der Waals surface area contributed by atoms with E-state index in [4.69, 9.17) is 0 Å². The first-order chi connectivity index (χ1) is 71.6. The maximum Gasteiger partial charge on any atom is 0.0541 e. The van der Waals surface area contributed by atoms with Crippen molar-refractivity contribution in [2.45, 2.75) is 0 Å². The number of hydrogen-bond donors (Lipinski definition) is 0. The van der Waals surface area contributed by atoms with Gasteiger partial charge in [-0.25, -0.2) is 0 Å². The van der Waals surface area contributed by atoms with Crippen molar-refractivity contribution in [3.05, 3.63) is 552 Å². The standard InChI is InChI=1S/C49H36N2.2C45H32N2/c1-50(43-15-9-4-10-16-43)44-27-29-45(30-28-44)51-48-31-25-41(39-21-17-37(18-22-39)35-11-5-2-6-12-35)33-46(48)47-34-42(26-32-49(47)51)40-23-19-38(20-24-40)36-13-7-3-8-14-36;1-46(35-15-3-2-4-16-35)36-23-25-37(26-24-36)47-44-27-21-33(40-19-9-13-31-11-5-7-17-38(31)40)29-42(44)43-30-34(22-28-45(43)47)41-20-10-14-32-12-6-8-18-39(32)41;1-46(39-13-3-2-4-14-39)40-21-23-41(24-22-40)47-44-25-19-37(35-17-15-31-9-5-7-11-33(31)27-35)29-42(44)43-30-38(20-26-45(43)47)36-18-16-32-10-6-8-12-34(32)28-36/h2-34H,1H3;2*2-30H,1H3. The summed E-state index contributed by atoms with van der Waals surface area (Å²) in [6.07, 6.45) is 0. The minimum absolute atomic E-state index is 1.14. The maximum absolute atomic E-state index is 2.41. The highest BCUT2D eigenvalue weighted by molar-refractivity contribution is 6.16. The van der Waals surface area contributed by atoms with E-state index in [0.717, 1.165) is 39.8 Å². The Labute approximate surface area is 844 Å². The van der Waals surface area contributed by atoms with Crippen LogP contribution >= 0.6 is 0 Å². The van der Waals surface area contributed by atoms with Gasteiger partial charge in [-0.15, -0.1) is 0 Å². The SMILES string of the molecule is CN(c1ccccc1)c1ccc(-n2c3ccc(-c4ccc(-c5ccccc5)cc4)cc3c3cc(-c4ccc(-c5ccccc5)cc4)ccc32)cc1.CN(c1ccccc1)c1ccc(-n2c3ccc(-c4ccc5ccccc5c4)cc3c3cc(-c4ccc5ccccc5c4)ccc32)cc1.CN(c1ccccc1)c1ccc(-n2c3ccc(-c4cccc5ccccc45)cc3c3cc(-c4cccc5ccccc45)ccc32)cc1. The van der Waals surface area contributed by atoms with Crippen molar-refractivity contribution in [2.24, 2.45) is 0 Å². The van der Waals surface area contributed by atoms with Crippen LogP contribution in [0.2, 0.25) is 0 Å². The number of nitrogens with zero attached hydrogens (tertiary/aromatic N) is 6. The van der Waals surface area contributed by atoms with E-state index in [1.165, 1.54) is 209 Å². The van der Waals surface area contributed by atoms with Crippen LogP contribution in [0.25, 0.3) is 215 Å². The van der Waals surface area contributed by atoms with Gasteiger partial charge in [-0.2, -0.15) is 0 Å². The second-order valence-corrected chi connectivity index (χ2v) is 37.7. The normalized spacial score (nSPS) is 11.4. The molecule has 686 valence electrons. The minimum Gasteiger partial charge on any atom is -0.345 e. The molecule has 0 amide bonds. The van der Waals surface area contributed by atoms with E-state index in [-0.39, 0.29) is 0 Å². The number of hydrogen-bond acceptors (Lipinski definition) is 3. The molecule has 0 unspecified atom stereocenters. The summed E-state index contributed by atoms with van der Waals surface area (Å²) in [4.78, 5) is 6.67. The molecule has 0 bridgehead atoms. The van der Waals surface area contributed by atoms with E-state index in [2.05, 4.69) is 602 Å². The fourth-order valence-corrected chi connectivity index (χ4v) is 21.5. The Bertz CT molecular complexity index is 9060. The van der Waals surface area contributed by atoms with Gasteiger partial charge in [0, 0.05) is 105 Å². The van der Waals surface area contributed by atoms with Gasteiger partial charge in [0.1, 0.15) is 0 Å². The van der Waals surface area contributed by atoms with Crippen LogP contribution in [0.1, 0.15) is 0 Å². The molecular formula is C139H100N6. The van der Waals surface area contributed by atoms with Gasteiger partial charge in [-0.3, -0.25) is 0 Å². The number of fused-ring (bicyclic) bond motifs is 13. The first-order valence-electron chi connectivity index (χ1n) is 49.8. The Morgan fingerprint density at radius 3 is 0.628 bits per heavy atom. The van der Waals surface area contributed by atoms with Crippen molar-refractivity contribution in [3.63, 3.8) is 0 Å². The molecule has 0 saturated heterocycles. The highest BCUT2D eigenvalue weighted by Gasteiger charge is 2.23. The zero-order valence-corrected chi connectivity index (χ0v) is 80.7. The van der Waals surface area contributed by atoms with E-state index >= 15 is 0 Å². The predicted molar refractivity (Wildman–Crippen MR) is 619 cm³/mol. The third-order valence-corrected chi connectivity index (χ3v) is 29.2. The predicted octanol–water partition coefficient (Wildman–Crippen LogP) is 37.6. The van der Waals surface area contributed by atoms with Gasteiger partial charge < -0.3 is 28.4 Å². The Morgan fingerprint density at radius 1 is 0.124 bits per heavy atom. The van der Waals surface area contributed by atoms with Crippen LogP contribution in [0.5, 0.6) is 0 Å². The molecule has 0 saturated carbocycles. The molecule has 3 aromatic heterocycles. The molecule has 0 aliphatic carbocycles. The molecule has 0 aliphatic rings. The van der Waals surface area contributed by atoms with Crippen LogP contribution in [0.4, 0.5) is 34.1 Å². The van der Waals surface area contributed by atoms with Gasteiger partial charge in [0.15, 0.2) is 0 Å². The van der Waals surface area contributed by atoms with Crippen molar-refractivity contribution in [3.8, 4) is 106 Å². The van der Waals surface area contributed by atoms with E-state index in [1.54, 1.807) is 0 Å². The van der Waals surface area contributed by atoms with Gasteiger partial charge in [0.05, 0.1) is 33.1 Å². The summed E-state index contributed by atoms with van der Waals surface area (Å²) in [5.74, 6) is 0. The zero-order chi connectivity index (χ0) is 96.8. The lowest BCUT2D eigenvalue weighted by atomic mass is 9.95. The highest BCUT2D eigenvalue weighted by atomic mass is 15.1. The lowest BCUT2D eigenvalue weighted by Gasteiger charge is -2.20. The fourth-order valence-electron chi connectivity index (χ4n) is 21.5. The van der Waals surface area contributed by atoms with Crippen LogP contribution in [0.3, 0.4) is 0 Å². The van der Waals surface area contributed by atoms with Crippen molar-refractivity contribution in [1.82, 2.24) is 13.7 Å². The molecule has 6 heteroatoms. The molecule has 0 radical (unpaired) electrons. The molecule has 27 rings (SSSR count). The number of aromatic nitrogens is 3. The topological polar surface area (TPSA) is 24.5 Å². The second-order valence-electron chi connectivity index (χ2n) is 37.7. The summed E-state index contributed by atoms with van der Waals surface area (Å²) in [6.45, 7) is 0. The lowest BCUT2D eigenvalue weighted by molar-refractivity contribution is 1.16. The zero-order valence-electron chi connectivity index (χ0n) is 80.7. The summed E-state index contributed by atoms with van der Waals surface area (Å²) in [5.41, 5.74) is 37.1. The van der Waals surface area contributed by atoms with Crippen LogP contribution in [0.15, 0.2) is 552 Å². The van der Waals surface area contributed by atoms with Gasteiger partial charge >= 0.3 is 0 Å². The fraction of sp³-hybridized carbons (Fsp3) is 0.0216. The molecule has 0 spiro atoms. The second kappa shape index (κ2) is 38.0. The Hall–Kier alpha value is -18.9.